The number of aromatic nitrogens is 1. The van der Waals surface area contributed by atoms with Gasteiger partial charge in [-0.2, -0.15) is 0 Å². The summed E-state index contributed by atoms with van der Waals surface area (Å²) in [5.41, 5.74) is 6.54. The number of hydrogen-bond acceptors (Lipinski definition) is 5. The average Bonchev–Trinajstić information content (AvgIpc) is 3.11. The highest BCUT2D eigenvalue weighted by atomic mass is 19.1. The summed E-state index contributed by atoms with van der Waals surface area (Å²) in [5, 5.41) is 3.88. The fraction of sp³-hybridized carbons (Fsp3) is 0.389. The van der Waals surface area contributed by atoms with Gasteiger partial charge in [0, 0.05) is 30.6 Å². The second-order valence-electron chi connectivity index (χ2n) is 6.24. The number of rotatable bonds is 6. The van der Waals surface area contributed by atoms with Crippen LogP contribution in [0.25, 0.3) is 11.3 Å². The predicted molar refractivity (Wildman–Crippen MR) is 90.1 cm³/mol. The van der Waals surface area contributed by atoms with Crippen molar-refractivity contribution < 1.29 is 23.2 Å². The highest BCUT2D eigenvalue weighted by Crippen LogP contribution is 2.21. The fourth-order valence-electron chi connectivity index (χ4n) is 2.88. The van der Waals surface area contributed by atoms with Gasteiger partial charge < -0.3 is 19.9 Å². The number of hydrogen-bond donors (Lipinski definition) is 1. The van der Waals surface area contributed by atoms with E-state index in [2.05, 4.69) is 5.16 Å². The summed E-state index contributed by atoms with van der Waals surface area (Å²) in [7, 11) is 0. The van der Waals surface area contributed by atoms with Crippen LogP contribution in [0.3, 0.4) is 0 Å². The highest BCUT2D eigenvalue weighted by molar-refractivity contribution is 5.79. The molecule has 3 rings (SSSR count). The van der Waals surface area contributed by atoms with Crippen LogP contribution in [-0.4, -0.2) is 41.6 Å². The molecule has 1 aliphatic rings. The number of nitrogens with zero attached hydrogens (tertiary/aromatic N) is 2. The van der Waals surface area contributed by atoms with E-state index >= 15 is 0 Å². The summed E-state index contributed by atoms with van der Waals surface area (Å²) in [6.45, 7) is 1.08. The summed E-state index contributed by atoms with van der Waals surface area (Å²) in [6.07, 6.45) is 1.18. The van der Waals surface area contributed by atoms with E-state index in [9.17, 15) is 14.0 Å². The van der Waals surface area contributed by atoms with Crippen LogP contribution in [0.4, 0.5) is 4.39 Å². The van der Waals surface area contributed by atoms with Crippen molar-refractivity contribution in [3.05, 3.63) is 41.8 Å². The lowest BCUT2D eigenvalue weighted by atomic mass is 9.96. The summed E-state index contributed by atoms with van der Waals surface area (Å²) >= 11 is 0. The molecule has 1 saturated heterocycles. The van der Waals surface area contributed by atoms with E-state index in [1.54, 1.807) is 23.1 Å². The minimum Gasteiger partial charge on any atom is -0.369 e. The first-order valence-corrected chi connectivity index (χ1v) is 8.39. The standard InChI is InChI=1S/C18H20FN3O4/c19-14-3-1-12(2-4-14)16-9-15(21-26-16)10-25-11-17(23)22-7-5-13(6-8-22)18(20)24/h1-4,9,13H,5-8,10-11H2,(H2,20,24). The fourth-order valence-corrected chi connectivity index (χ4v) is 2.88. The third-order valence-corrected chi connectivity index (χ3v) is 4.41. The largest absolute Gasteiger partial charge is 0.369 e. The monoisotopic (exact) mass is 361 g/mol. The highest BCUT2D eigenvalue weighted by Gasteiger charge is 2.25. The topological polar surface area (TPSA) is 98.7 Å². The quantitative estimate of drug-likeness (QED) is 0.845. The van der Waals surface area contributed by atoms with Gasteiger partial charge in [-0.3, -0.25) is 9.59 Å². The van der Waals surface area contributed by atoms with Crippen molar-refractivity contribution in [2.75, 3.05) is 19.7 Å². The molecule has 0 saturated carbocycles. The Morgan fingerprint density at radius 1 is 1.27 bits per heavy atom. The molecule has 0 atom stereocenters. The SMILES string of the molecule is NC(=O)C1CCN(C(=O)COCc2cc(-c3ccc(F)cc3)on2)CC1. The first-order chi connectivity index (χ1) is 12.5. The second kappa shape index (κ2) is 8.09. The maximum Gasteiger partial charge on any atom is 0.248 e. The van der Waals surface area contributed by atoms with Gasteiger partial charge in [-0.1, -0.05) is 5.16 Å². The van der Waals surface area contributed by atoms with Crippen LogP contribution in [0.1, 0.15) is 18.5 Å². The molecule has 0 spiro atoms. The third kappa shape index (κ3) is 4.45. The number of likely N-dealkylation sites (tertiary alicyclic amines) is 1. The Morgan fingerprint density at radius 2 is 1.96 bits per heavy atom. The van der Waals surface area contributed by atoms with Crippen LogP contribution in [0.2, 0.25) is 0 Å². The van der Waals surface area contributed by atoms with Crippen molar-refractivity contribution in [2.24, 2.45) is 11.7 Å². The number of piperidine rings is 1. The summed E-state index contributed by atoms with van der Waals surface area (Å²) in [4.78, 5) is 24.9. The number of benzene rings is 1. The molecular weight excluding hydrogens is 341 g/mol. The first kappa shape index (κ1) is 18.1. The average molecular weight is 361 g/mol. The molecule has 2 aromatic rings. The Labute approximate surface area is 149 Å². The van der Waals surface area contributed by atoms with Gasteiger partial charge in [0.05, 0.1) is 6.61 Å². The molecule has 0 unspecified atom stereocenters. The number of carbonyl (C=O) groups excluding carboxylic acids is 2. The normalized spacial score (nSPS) is 15.2. The molecule has 1 aliphatic heterocycles. The van der Waals surface area contributed by atoms with Crippen molar-refractivity contribution in [1.82, 2.24) is 10.1 Å². The van der Waals surface area contributed by atoms with Gasteiger partial charge in [-0.15, -0.1) is 0 Å². The Balaban J connectivity index is 1.44. The molecule has 2 N–H and O–H groups in total. The van der Waals surface area contributed by atoms with Gasteiger partial charge in [-0.25, -0.2) is 4.39 Å². The Morgan fingerprint density at radius 3 is 2.62 bits per heavy atom. The van der Waals surface area contributed by atoms with Crippen molar-refractivity contribution in [3.63, 3.8) is 0 Å². The van der Waals surface area contributed by atoms with Crippen LogP contribution in [0.15, 0.2) is 34.9 Å². The minimum atomic E-state index is -0.324. The van der Waals surface area contributed by atoms with Crippen LogP contribution in [-0.2, 0) is 20.9 Å². The Bertz CT molecular complexity index is 767. The summed E-state index contributed by atoms with van der Waals surface area (Å²) < 4.78 is 23.6. The summed E-state index contributed by atoms with van der Waals surface area (Å²) in [5.74, 6) is -0.412. The number of ether oxygens (including phenoxy) is 1. The van der Waals surface area contributed by atoms with Gasteiger partial charge in [0.25, 0.3) is 0 Å². The minimum absolute atomic E-state index is 0.0695. The molecule has 26 heavy (non-hydrogen) atoms. The van der Waals surface area contributed by atoms with E-state index in [1.165, 1.54) is 12.1 Å². The molecule has 0 bridgehead atoms. The van der Waals surface area contributed by atoms with E-state index in [4.69, 9.17) is 15.0 Å². The van der Waals surface area contributed by atoms with Gasteiger partial charge in [-0.05, 0) is 37.1 Å². The molecule has 0 aliphatic carbocycles. The molecule has 0 radical (unpaired) electrons. The van der Waals surface area contributed by atoms with E-state index in [0.717, 1.165) is 0 Å². The molecule has 2 amide bonds. The lowest BCUT2D eigenvalue weighted by Gasteiger charge is -2.30. The molecule has 1 aromatic heterocycles. The maximum atomic E-state index is 12.9. The van der Waals surface area contributed by atoms with Gasteiger partial charge in [0.2, 0.25) is 11.8 Å². The number of primary amides is 1. The van der Waals surface area contributed by atoms with Crippen LogP contribution < -0.4 is 5.73 Å². The molecule has 2 heterocycles. The molecular formula is C18H20FN3O4. The molecule has 1 aromatic carbocycles. The van der Waals surface area contributed by atoms with E-state index in [0.29, 0.717) is 42.9 Å². The molecule has 1 fully saturated rings. The van der Waals surface area contributed by atoms with Crippen molar-refractivity contribution >= 4 is 11.8 Å². The van der Waals surface area contributed by atoms with Crippen LogP contribution >= 0.6 is 0 Å². The van der Waals surface area contributed by atoms with Crippen molar-refractivity contribution in [1.29, 1.82) is 0 Å². The lowest BCUT2D eigenvalue weighted by Crippen LogP contribution is -2.43. The predicted octanol–water partition coefficient (Wildman–Crippen LogP) is 1.72. The number of carbonyl (C=O) groups is 2. The van der Waals surface area contributed by atoms with E-state index < -0.39 is 0 Å². The zero-order valence-electron chi connectivity index (χ0n) is 14.2. The smallest absolute Gasteiger partial charge is 0.248 e. The van der Waals surface area contributed by atoms with Gasteiger partial charge in [0.1, 0.15) is 18.1 Å². The first-order valence-electron chi connectivity index (χ1n) is 8.39. The lowest BCUT2D eigenvalue weighted by molar-refractivity contribution is -0.139. The third-order valence-electron chi connectivity index (χ3n) is 4.41. The number of halogens is 1. The van der Waals surface area contributed by atoms with Gasteiger partial charge >= 0.3 is 0 Å². The Kier molecular flexibility index (Phi) is 5.62. The Hall–Kier alpha value is -2.74. The summed E-state index contributed by atoms with van der Waals surface area (Å²) in [6, 6.07) is 7.57. The van der Waals surface area contributed by atoms with E-state index in [1.807, 2.05) is 0 Å². The van der Waals surface area contributed by atoms with Crippen molar-refractivity contribution in [3.8, 4) is 11.3 Å². The zero-order chi connectivity index (χ0) is 18.5. The van der Waals surface area contributed by atoms with Crippen molar-refractivity contribution in [2.45, 2.75) is 19.4 Å². The number of amides is 2. The van der Waals surface area contributed by atoms with Crippen LogP contribution in [0, 0.1) is 11.7 Å². The molecule has 8 heteroatoms. The van der Waals surface area contributed by atoms with Crippen LogP contribution in [0.5, 0.6) is 0 Å². The second-order valence-corrected chi connectivity index (χ2v) is 6.24. The maximum absolute atomic E-state index is 12.9. The number of nitrogens with two attached hydrogens (primary N) is 1. The van der Waals surface area contributed by atoms with Gasteiger partial charge in [0.15, 0.2) is 5.76 Å². The zero-order valence-corrected chi connectivity index (χ0v) is 14.2. The molecule has 7 nitrogen and oxygen atoms in total. The van der Waals surface area contributed by atoms with E-state index in [-0.39, 0.29) is 36.8 Å². The molecule has 138 valence electrons.